The third-order valence-electron chi connectivity index (χ3n) is 3.47. The van der Waals surface area contributed by atoms with Crippen molar-refractivity contribution in [3.8, 4) is 0 Å². The zero-order valence-electron chi connectivity index (χ0n) is 11.0. The number of aromatic nitrogens is 3. The smallest absolute Gasteiger partial charge is 0.160 e. The first kappa shape index (κ1) is 11.8. The zero-order valence-corrected chi connectivity index (χ0v) is 11.8. The van der Waals surface area contributed by atoms with Crippen molar-refractivity contribution in [3.05, 3.63) is 23.0 Å². The van der Waals surface area contributed by atoms with E-state index < -0.39 is 0 Å². The van der Waals surface area contributed by atoms with Crippen molar-refractivity contribution in [2.24, 2.45) is 0 Å². The molecule has 96 valence electrons. The molecule has 1 atom stereocenters. The van der Waals surface area contributed by atoms with Crippen LogP contribution in [0.3, 0.4) is 0 Å². The molecule has 5 heteroatoms. The van der Waals surface area contributed by atoms with Gasteiger partial charge in [-0.15, -0.1) is 0 Å². The van der Waals surface area contributed by atoms with Gasteiger partial charge in [-0.1, -0.05) is 0 Å². The maximum Gasteiger partial charge on any atom is 0.160 e. The highest BCUT2D eigenvalue weighted by atomic mass is 32.2. The van der Waals surface area contributed by atoms with Gasteiger partial charge in [0.25, 0.3) is 0 Å². The van der Waals surface area contributed by atoms with Crippen LogP contribution in [0.15, 0.2) is 6.07 Å². The molecule has 1 fully saturated rings. The van der Waals surface area contributed by atoms with E-state index in [-0.39, 0.29) is 0 Å². The van der Waals surface area contributed by atoms with E-state index >= 15 is 0 Å². The molecule has 0 amide bonds. The van der Waals surface area contributed by atoms with Crippen LogP contribution in [0.2, 0.25) is 0 Å². The highest BCUT2D eigenvalue weighted by Gasteiger charge is 2.18. The lowest BCUT2D eigenvalue weighted by Gasteiger charge is -2.14. The summed E-state index contributed by atoms with van der Waals surface area (Å²) in [7, 11) is 0. The maximum absolute atomic E-state index is 4.59. The Hall–Kier alpha value is -1.23. The van der Waals surface area contributed by atoms with Gasteiger partial charge in [0, 0.05) is 29.1 Å². The van der Waals surface area contributed by atoms with Gasteiger partial charge in [0.15, 0.2) is 5.65 Å². The van der Waals surface area contributed by atoms with Crippen LogP contribution < -0.4 is 5.32 Å². The number of rotatable bonds is 2. The first-order valence-corrected chi connectivity index (χ1v) is 7.48. The van der Waals surface area contributed by atoms with Crippen LogP contribution >= 0.6 is 11.8 Å². The highest BCUT2D eigenvalue weighted by Crippen LogP contribution is 2.23. The number of anilines is 1. The second-order valence-electron chi connectivity index (χ2n) is 4.93. The van der Waals surface area contributed by atoms with E-state index in [1.54, 1.807) is 0 Å². The van der Waals surface area contributed by atoms with Gasteiger partial charge in [-0.25, -0.2) is 4.98 Å². The molecule has 2 aromatic rings. The third-order valence-corrected chi connectivity index (χ3v) is 4.63. The zero-order chi connectivity index (χ0) is 12.7. The molecular weight excluding hydrogens is 244 g/mol. The summed E-state index contributed by atoms with van der Waals surface area (Å²) in [5.41, 5.74) is 4.23. The first-order chi connectivity index (χ1) is 8.65. The van der Waals surface area contributed by atoms with Crippen molar-refractivity contribution < 1.29 is 0 Å². The predicted molar refractivity (Wildman–Crippen MR) is 76.6 cm³/mol. The standard InChI is InChI=1S/C13H18N4S/c1-8-6-12(15-11-4-5-18-7-11)17-13(14-8)9(2)10(3)16-17/h6,11,15H,4-5,7H2,1-3H3. The fraction of sp³-hybridized carbons (Fsp3) is 0.538. The Labute approximate surface area is 111 Å². The molecule has 0 aromatic carbocycles. The third kappa shape index (κ3) is 1.96. The average Bonchev–Trinajstić information content (AvgIpc) is 2.92. The van der Waals surface area contributed by atoms with E-state index in [4.69, 9.17) is 0 Å². The quantitative estimate of drug-likeness (QED) is 0.903. The van der Waals surface area contributed by atoms with Gasteiger partial charge in [-0.2, -0.15) is 21.4 Å². The number of aryl methyl sites for hydroxylation is 3. The molecular formula is C13H18N4S. The SMILES string of the molecule is Cc1cc(NC2CCSC2)n2nc(C)c(C)c2n1. The Morgan fingerprint density at radius 1 is 1.39 bits per heavy atom. The minimum absolute atomic E-state index is 0.560. The Morgan fingerprint density at radius 3 is 2.94 bits per heavy atom. The molecule has 0 bridgehead atoms. The Bertz CT molecular complexity index is 584. The van der Waals surface area contributed by atoms with Crippen LogP contribution in [0.1, 0.15) is 23.4 Å². The van der Waals surface area contributed by atoms with Gasteiger partial charge in [0.2, 0.25) is 0 Å². The summed E-state index contributed by atoms with van der Waals surface area (Å²) >= 11 is 2.01. The number of nitrogens with one attached hydrogen (secondary N) is 1. The predicted octanol–water partition coefficient (Wildman–Crippen LogP) is 2.57. The number of hydrogen-bond donors (Lipinski definition) is 1. The molecule has 0 aliphatic carbocycles. The van der Waals surface area contributed by atoms with E-state index in [9.17, 15) is 0 Å². The molecule has 0 saturated carbocycles. The molecule has 3 rings (SSSR count). The minimum atomic E-state index is 0.560. The molecule has 1 aliphatic heterocycles. The average molecular weight is 262 g/mol. The minimum Gasteiger partial charge on any atom is -0.366 e. The van der Waals surface area contributed by atoms with E-state index in [0.717, 1.165) is 22.9 Å². The topological polar surface area (TPSA) is 42.2 Å². The van der Waals surface area contributed by atoms with Gasteiger partial charge in [0.1, 0.15) is 5.82 Å². The van der Waals surface area contributed by atoms with E-state index in [0.29, 0.717) is 6.04 Å². The molecule has 0 radical (unpaired) electrons. The van der Waals surface area contributed by atoms with Gasteiger partial charge in [-0.3, -0.25) is 0 Å². The molecule has 1 aliphatic rings. The Morgan fingerprint density at radius 2 is 2.22 bits per heavy atom. The Kier molecular flexibility index (Phi) is 2.93. The lowest BCUT2D eigenvalue weighted by Crippen LogP contribution is -2.20. The summed E-state index contributed by atoms with van der Waals surface area (Å²) in [5, 5.41) is 8.19. The molecule has 18 heavy (non-hydrogen) atoms. The van der Waals surface area contributed by atoms with Crippen molar-refractivity contribution in [3.63, 3.8) is 0 Å². The molecule has 2 aromatic heterocycles. The second kappa shape index (κ2) is 4.46. The van der Waals surface area contributed by atoms with Gasteiger partial charge in [0.05, 0.1) is 5.69 Å². The van der Waals surface area contributed by atoms with Crippen LogP contribution in [-0.2, 0) is 0 Å². The van der Waals surface area contributed by atoms with E-state index in [2.05, 4.69) is 28.4 Å². The lowest BCUT2D eigenvalue weighted by molar-refractivity contribution is 0.787. The second-order valence-corrected chi connectivity index (χ2v) is 6.08. The van der Waals surface area contributed by atoms with Crippen molar-refractivity contribution in [2.75, 3.05) is 16.8 Å². The summed E-state index contributed by atoms with van der Waals surface area (Å²) < 4.78 is 1.95. The fourth-order valence-corrected chi connectivity index (χ4v) is 3.46. The number of thioether (sulfide) groups is 1. The summed E-state index contributed by atoms with van der Waals surface area (Å²) in [6.07, 6.45) is 1.23. The van der Waals surface area contributed by atoms with Crippen molar-refractivity contribution in [2.45, 2.75) is 33.2 Å². The van der Waals surface area contributed by atoms with Crippen molar-refractivity contribution >= 4 is 23.2 Å². The van der Waals surface area contributed by atoms with Crippen LogP contribution in [0, 0.1) is 20.8 Å². The number of fused-ring (bicyclic) bond motifs is 1. The number of nitrogens with zero attached hydrogens (tertiary/aromatic N) is 3. The van der Waals surface area contributed by atoms with Gasteiger partial charge >= 0.3 is 0 Å². The van der Waals surface area contributed by atoms with Crippen molar-refractivity contribution in [1.82, 2.24) is 14.6 Å². The van der Waals surface area contributed by atoms with E-state index in [1.807, 2.05) is 30.1 Å². The van der Waals surface area contributed by atoms with Crippen LogP contribution in [-0.4, -0.2) is 32.1 Å². The van der Waals surface area contributed by atoms with Crippen LogP contribution in [0.5, 0.6) is 0 Å². The van der Waals surface area contributed by atoms with E-state index in [1.165, 1.54) is 23.5 Å². The molecule has 1 saturated heterocycles. The van der Waals surface area contributed by atoms with Gasteiger partial charge < -0.3 is 5.32 Å². The molecule has 3 heterocycles. The first-order valence-electron chi connectivity index (χ1n) is 6.33. The highest BCUT2D eigenvalue weighted by molar-refractivity contribution is 7.99. The summed E-state index contributed by atoms with van der Waals surface area (Å²) in [6, 6.07) is 2.65. The normalized spacial score (nSPS) is 19.6. The molecule has 1 N–H and O–H groups in total. The number of hydrogen-bond acceptors (Lipinski definition) is 4. The van der Waals surface area contributed by atoms with Crippen molar-refractivity contribution in [1.29, 1.82) is 0 Å². The maximum atomic E-state index is 4.59. The molecule has 0 spiro atoms. The summed E-state index contributed by atoms with van der Waals surface area (Å²) in [5.74, 6) is 3.51. The lowest BCUT2D eigenvalue weighted by atomic mass is 10.2. The van der Waals surface area contributed by atoms with Crippen LogP contribution in [0.4, 0.5) is 5.82 Å². The Balaban J connectivity index is 2.06. The molecule has 4 nitrogen and oxygen atoms in total. The monoisotopic (exact) mass is 262 g/mol. The fourth-order valence-electron chi connectivity index (χ4n) is 2.31. The molecule has 1 unspecified atom stereocenters. The van der Waals surface area contributed by atoms with Gasteiger partial charge in [-0.05, 0) is 32.9 Å². The van der Waals surface area contributed by atoms with Crippen LogP contribution in [0.25, 0.3) is 5.65 Å². The summed E-state index contributed by atoms with van der Waals surface area (Å²) in [6.45, 7) is 6.16. The summed E-state index contributed by atoms with van der Waals surface area (Å²) in [4.78, 5) is 4.59. The largest absolute Gasteiger partial charge is 0.366 e.